The zero-order valence-corrected chi connectivity index (χ0v) is 13.5. The van der Waals surface area contributed by atoms with E-state index in [0.29, 0.717) is 11.5 Å². The number of aromatic amines is 1. The van der Waals surface area contributed by atoms with Gasteiger partial charge in [0.2, 0.25) is 0 Å². The summed E-state index contributed by atoms with van der Waals surface area (Å²) in [5, 5.41) is 2.92. The lowest BCUT2D eigenvalue weighted by Crippen LogP contribution is -2.03. The van der Waals surface area contributed by atoms with Crippen molar-refractivity contribution in [2.75, 3.05) is 11.2 Å². The third-order valence-electron chi connectivity index (χ3n) is 4.50. The fourth-order valence-corrected chi connectivity index (χ4v) is 3.54. The predicted molar refractivity (Wildman–Crippen MR) is 92.6 cm³/mol. The molecule has 0 saturated carbocycles. The first-order valence-corrected chi connectivity index (χ1v) is 8.58. The zero-order valence-electron chi connectivity index (χ0n) is 12.8. The molecule has 2 N–H and O–H groups in total. The highest BCUT2D eigenvalue weighted by atomic mass is 35.5. The second-order valence-corrected chi connectivity index (χ2v) is 6.46. The number of anilines is 1. The molecule has 118 valence electrons. The molecule has 2 aromatic rings. The van der Waals surface area contributed by atoms with Gasteiger partial charge in [0.05, 0.1) is 11.3 Å². The molecule has 23 heavy (non-hydrogen) atoms. The maximum atomic E-state index is 12.3. The number of aryl methyl sites for hydroxylation is 3. The number of rotatable bonds is 3. The fourth-order valence-electron chi connectivity index (χ4n) is 3.32. The Hall–Kier alpha value is -2.07. The Kier molecular flexibility index (Phi) is 3.69. The van der Waals surface area contributed by atoms with Gasteiger partial charge in [-0.1, -0.05) is 6.07 Å². The Morgan fingerprint density at radius 3 is 2.96 bits per heavy atom. The molecule has 4 rings (SSSR count). The first-order valence-electron chi connectivity index (χ1n) is 8.04. The summed E-state index contributed by atoms with van der Waals surface area (Å²) in [6.07, 6.45) is 7.14. The molecule has 0 atom stereocenters. The number of benzene rings is 1. The monoisotopic (exact) mass is 327 g/mol. The van der Waals surface area contributed by atoms with Crippen LogP contribution in [-0.2, 0) is 24.1 Å². The van der Waals surface area contributed by atoms with Gasteiger partial charge in [0.25, 0.3) is 5.91 Å². The number of H-pyrrole nitrogens is 1. The van der Waals surface area contributed by atoms with E-state index < -0.39 is 0 Å². The van der Waals surface area contributed by atoms with Crippen LogP contribution in [0.2, 0.25) is 0 Å². The van der Waals surface area contributed by atoms with Crippen LogP contribution in [0.3, 0.4) is 0 Å². The molecule has 1 aromatic heterocycles. The van der Waals surface area contributed by atoms with Gasteiger partial charge in [-0.25, -0.2) is 4.98 Å². The lowest BCUT2D eigenvalue weighted by Gasteiger charge is -2.07. The number of nitrogens with zero attached hydrogens (tertiary/aromatic N) is 1. The minimum absolute atomic E-state index is 0.0719. The van der Waals surface area contributed by atoms with E-state index in [-0.39, 0.29) is 5.91 Å². The van der Waals surface area contributed by atoms with Crippen molar-refractivity contribution in [2.45, 2.75) is 32.1 Å². The SMILES string of the molecule is O=C1Nc2ccc(CCCl)cc2C1=Cc1nc2c([nH]1)CCCC2. The Morgan fingerprint density at radius 1 is 1.26 bits per heavy atom. The first kappa shape index (κ1) is 14.5. The standard InChI is InChI=1S/C18H18ClN3O/c19-8-7-11-5-6-14-12(9-11)13(18(23)22-14)10-17-20-15-3-1-2-4-16(15)21-17/h5-6,9-10H,1-4,7-8H2,(H,20,21)(H,22,23). The van der Waals surface area contributed by atoms with Crippen LogP contribution in [0.5, 0.6) is 0 Å². The molecule has 0 unspecified atom stereocenters. The molecule has 0 saturated heterocycles. The molecule has 1 aromatic carbocycles. The molecule has 1 amide bonds. The quantitative estimate of drug-likeness (QED) is 0.669. The van der Waals surface area contributed by atoms with Crippen molar-refractivity contribution in [3.8, 4) is 0 Å². The first-order chi connectivity index (χ1) is 11.2. The van der Waals surface area contributed by atoms with Crippen LogP contribution in [0.15, 0.2) is 18.2 Å². The maximum Gasteiger partial charge on any atom is 0.256 e. The van der Waals surface area contributed by atoms with Crippen molar-refractivity contribution < 1.29 is 4.79 Å². The van der Waals surface area contributed by atoms with Gasteiger partial charge < -0.3 is 10.3 Å². The lowest BCUT2D eigenvalue weighted by molar-refractivity contribution is -0.110. The Bertz CT molecular complexity index is 783. The molecule has 1 aliphatic heterocycles. The van der Waals surface area contributed by atoms with Crippen LogP contribution in [0, 0.1) is 0 Å². The number of imidazole rings is 1. The second kappa shape index (κ2) is 5.85. The van der Waals surface area contributed by atoms with Gasteiger partial charge in [-0.15, -0.1) is 11.6 Å². The summed E-state index contributed by atoms with van der Waals surface area (Å²) in [6, 6.07) is 6.00. The summed E-state index contributed by atoms with van der Waals surface area (Å²) in [6.45, 7) is 0. The molecule has 0 fully saturated rings. The van der Waals surface area contributed by atoms with Crippen LogP contribution in [0.4, 0.5) is 5.69 Å². The molecule has 0 radical (unpaired) electrons. The lowest BCUT2D eigenvalue weighted by atomic mass is 10.0. The number of nitrogens with one attached hydrogen (secondary N) is 2. The van der Waals surface area contributed by atoms with Crippen molar-refractivity contribution in [1.82, 2.24) is 9.97 Å². The largest absolute Gasteiger partial charge is 0.342 e. The molecular formula is C18H18ClN3O. The minimum Gasteiger partial charge on any atom is -0.342 e. The number of carbonyl (C=O) groups excluding carboxylic acids is 1. The number of fused-ring (bicyclic) bond motifs is 2. The van der Waals surface area contributed by atoms with E-state index in [1.807, 2.05) is 24.3 Å². The smallest absolute Gasteiger partial charge is 0.256 e. The minimum atomic E-state index is -0.0719. The number of hydrogen-bond donors (Lipinski definition) is 2. The molecule has 5 heteroatoms. The van der Waals surface area contributed by atoms with Gasteiger partial charge in [0.15, 0.2) is 0 Å². The highest BCUT2D eigenvalue weighted by Gasteiger charge is 2.25. The normalized spacial score (nSPS) is 18.0. The van der Waals surface area contributed by atoms with E-state index in [4.69, 9.17) is 11.6 Å². The third-order valence-corrected chi connectivity index (χ3v) is 4.69. The molecule has 4 nitrogen and oxygen atoms in total. The summed E-state index contributed by atoms with van der Waals surface area (Å²) < 4.78 is 0. The average Bonchev–Trinajstić information content (AvgIpc) is 3.09. The Morgan fingerprint density at radius 2 is 2.13 bits per heavy atom. The molecule has 2 aliphatic rings. The van der Waals surface area contributed by atoms with E-state index in [1.165, 1.54) is 18.5 Å². The van der Waals surface area contributed by atoms with Gasteiger partial charge in [-0.05, 0) is 55.9 Å². The topological polar surface area (TPSA) is 57.8 Å². The van der Waals surface area contributed by atoms with Crippen molar-refractivity contribution in [1.29, 1.82) is 0 Å². The maximum absolute atomic E-state index is 12.3. The number of halogens is 1. The molecule has 2 heterocycles. The summed E-state index contributed by atoms with van der Waals surface area (Å²) in [5.41, 5.74) is 5.97. The predicted octanol–water partition coefficient (Wildman–Crippen LogP) is 3.56. The van der Waals surface area contributed by atoms with E-state index in [0.717, 1.165) is 47.6 Å². The zero-order chi connectivity index (χ0) is 15.8. The Balaban J connectivity index is 1.73. The summed E-state index contributed by atoms with van der Waals surface area (Å²) in [4.78, 5) is 20.3. The van der Waals surface area contributed by atoms with Gasteiger partial charge >= 0.3 is 0 Å². The van der Waals surface area contributed by atoms with Gasteiger partial charge in [-0.2, -0.15) is 0 Å². The summed E-state index contributed by atoms with van der Waals surface area (Å²) in [7, 11) is 0. The summed E-state index contributed by atoms with van der Waals surface area (Å²) in [5.74, 6) is 1.28. The molecule has 1 aliphatic carbocycles. The number of aromatic nitrogens is 2. The van der Waals surface area contributed by atoms with Gasteiger partial charge in [0, 0.05) is 22.8 Å². The van der Waals surface area contributed by atoms with Crippen LogP contribution in [0.1, 0.15) is 41.2 Å². The van der Waals surface area contributed by atoms with Crippen LogP contribution < -0.4 is 5.32 Å². The van der Waals surface area contributed by atoms with Crippen LogP contribution in [-0.4, -0.2) is 21.8 Å². The third kappa shape index (κ3) is 2.68. The van der Waals surface area contributed by atoms with Gasteiger partial charge in [0.1, 0.15) is 5.82 Å². The molecular weight excluding hydrogens is 310 g/mol. The second-order valence-electron chi connectivity index (χ2n) is 6.09. The fraction of sp³-hybridized carbons (Fsp3) is 0.333. The van der Waals surface area contributed by atoms with Crippen molar-refractivity contribution in [3.05, 3.63) is 46.5 Å². The Labute approximate surface area is 140 Å². The van der Waals surface area contributed by atoms with E-state index in [1.54, 1.807) is 0 Å². The van der Waals surface area contributed by atoms with E-state index in [2.05, 4.69) is 15.3 Å². The number of alkyl halides is 1. The van der Waals surface area contributed by atoms with Crippen molar-refractivity contribution in [3.63, 3.8) is 0 Å². The van der Waals surface area contributed by atoms with E-state index in [9.17, 15) is 4.79 Å². The number of carbonyl (C=O) groups is 1. The van der Waals surface area contributed by atoms with Crippen molar-refractivity contribution >= 4 is 34.8 Å². The highest BCUT2D eigenvalue weighted by molar-refractivity contribution is 6.34. The summed E-state index contributed by atoms with van der Waals surface area (Å²) >= 11 is 5.83. The van der Waals surface area contributed by atoms with Gasteiger partial charge in [-0.3, -0.25) is 4.79 Å². The molecule has 0 bridgehead atoms. The van der Waals surface area contributed by atoms with Crippen LogP contribution >= 0.6 is 11.6 Å². The number of amides is 1. The number of hydrogen-bond acceptors (Lipinski definition) is 2. The average molecular weight is 328 g/mol. The van der Waals surface area contributed by atoms with Crippen molar-refractivity contribution in [2.24, 2.45) is 0 Å². The molecule has 0 spiro atoms. The van der Waals surface area contributed by atoms with Crippen LogP contribution in [0.25, 0.3) is 11.6 Å². The highest BCUT2D eigenvalue weighted by Crippen LogP contribution is 2.34. The van der Waals surface area contributed by atoms with E-state index >= 15 is 0 Å².